The first-order valence-corrected chi connectivity index (χ1v) is 8.26. The fraction of sp³-hybridized carbons (Fsp3) is 0.471. The topological polar surface area (TPSA) is 65.2 Å². The van der Waals surface area contributed by atoms with Crippen LogP contribution in [0.2, 0.25) is 5.02 Å². The van der Waals surface area contributed by atoms with Crippen molar-refractivity contribution in [3.8, 4) is 0 Å². The maximum Gasteiger partial charge on any atom is 0.317 e. The highest BCUT2D eigenvalue weighted by Gasteiger charge is 2.47. The van der Waals surface area contributed by atoms with E-state index in [0.717, 1.165) is 37.7 Å². The minimum Gasteiger partial charge on any atom is -0.455 e. The third kappa shape index (κ3) is 3.24. The largest absolute Gasteiger partial charge is 0.455 e. The highest BCUT2D eigenvalue weighted by molar-refractivity contribution is 6.30. The average molecular weight is 335 g/mol. The Bertz CT molecular complexity index is 677. The van der Waals surface area contributed by atoms with Crippen molar-refractivity contribution < 1.29 is 14.1 Å². The van der Waals surface area contributed by atoms with Gasteiger partial charge in [0.2, 0.25) is 0 Å². The molecular formula is C17H19ClN2O3. The molecule has 2 aromatic rings. The van der Waals surface area contributed by atoms with Gasteiger partial charge < -0.3 is 9.26 Å². The molecule has 1 aromatic carbocycles. The van der Waals surface area contributed by atoms with Crippen LogP contribution in [-0.2, 0) is 28.0 Å². The van der Waals surface area contributed by atoms with Crippen LogP contribution in [0.15, 0.2) is 28.8 Å². The molecule has 1 aliphatic carbocycles. The molecule has 23 heavy (non-hydrogen) atoms. The Morgan fingerprint density at radius 1 is 1.35 bits per heavy atom. The van der Waals surface area contributed by atoms with E-state index >= 15 is 0 Å². The van der Waals surface area contributed by atoms with Crippen LogP contribution in [0.1, 0.15) is 49.9 Å². The Balaban J connectivity index is 1.67. The monoisotopic (exact) mass is 334 g/mol. The second-order valence-electron chi connectivity index (χ2n) is 5.87. The lowest BCUT2D eigenvalue weighted by Crippen LogP contribution is -2.43. The quantitative estimate of drug-likeness (QED) is 0.751. The van der Waals surface area contributed by atoms with Crippen molar-refractivity contribution in [1.29, 1.82) is 0 Å². The normalized spacial score (nSPS) is 15.9. The molecule has 0 radical (unpaired) electrons. The summed E-state index contributed by atoms with van der Waals surface area (Å²) in [5.41, 5.74) is 0.395. The Labute approximate surface area is 140 Å². The first kappa shape index (κ1) is 16.0. The number of rotatable bonds is 6. The van der Waals surface area contributed by atoms with Crippen molar-refractivity contribution in [2.45, 2.75) is 51.0 Å². The van der Waals surface area contributed by atoms with Crippen molar-refractivity contribution in [1.82, 2.24) is 10.1 Å². The molecule has 0 amide bonds. The zero-order chi connectivity index (χ0) is 16.3. The Kier molecular flexibility index (Phi) is 4.66. The number of ether oxygens (including phenoxy) is 1. The number of hydrogen-bond acceptors (Lipinski definition) is 5. The molecule has 1 aliphatic rings. The zero-order valence-electron chi connectivity index (χ0n) is 13.0. The van der Waals surface area contributed by atoms with E-state index in [4.69, 9.17) is 20.9 Å². The summed E-state index contributed by atoms with van der Waals surface area (Å²) in [6, 6.07) is 7.40. The van der Waals surface area contributed by atoms with Gasteiger partial charge in [-0.1, -0.05) is 42.2 Å². The van der Waals surface area contributed by atoms with Crippen molar-refractivity contribution in [3.63, 3.8) is 0 Å². The van der Waals surface area contributed by atoms with Crippen LogP contribution >= 0.6 is 11.6 Å². The zero-order valence-corrected chi connectivity index (χ0v) is 13.8. The molecule has 0 spiro atoms. The molecule has 0 unspecified atom stereocenters. The molecule has 3 rings (SSSR count). The lowest BCUT2D eigenvalue weighted by molar-refractivity contribution is -0.156. The summed E-state index contributed by atoms with van der Waals surface area (Å²) in [5, 5.41) is 4.51. The predicted molar refractivity (Wildman–Crippen MR) is 85.1 cm³/mol. The molecule has 0 bridgehead atoms. The highest BCUT2D eigenvalue weighted by Crippen LogP contribution is 2.45. The summed E-state index contributed by atoms with van der Waals surface area (Å²) in [6.07, 6.45) is 4.29. The minimum atomic E-state index is -0.559. The molecule has 0 saturated heterocycles. The Morgan fingerprint density at radius 2 is 2.09 bits per heavy atom. The van der Waals surface area contributed by atoms with Gasteiger partial charge in [-0.25, -0.2) is 0 Å². The fourth-order valence-electron chi connectivity index (χ4n) is 2.85. The average Bonchev–Trinajstić information content (AvgIpc) is 2.94. The minimum absolute atomic E-state index is 0.0187. The number of hydrogen-bond donors (Lipinski definition) is 0. The summed E-state index contributed by atoms with van der Waals surface area (Å²) >= 11 is 5.93. The van der Waals surface area contributed by atoms with E-state index in [-0.39, 0.29) is 12.6 Å². The first-order chi connectivity index (χ1) is 11.1. The van der Waals surface area contributed by atoms with Gasteiger partial charge in [0, 0.05) is 11.4 Å². The maximum atomic E-state index is 12.6. The second kappa shape index (κ2) is 6.71. The van der Waals surface area contributed by atoms with Crippen LogP contribution < -0.4 is 0 Å². The van der Waals surface area contributed by atoms with Crippen LogP contribution in [0.4, 0.5) is 0 Å². The van der Waals surface area contributed by atoms with Crippen LogP contribution in [-0.4, -0.2) is 16.1 Å². The maximum absolute atomic E-state index is 12.6. The number of nitrogens with zero attached hydrogens (tertiary/aromatic N) is 2. The molecule has 0 N–H and O–H groups in total. The van der Waals surface area contributed by atoms with Gasteiger partial charge in [-0.3, -0.25) is 4.79 Å². The standard InChI is InChI=1S/C17H19ClN2O3/c1-2-4-14-19-15(23-20-14)11-22-16(21)17(9-3-10-17)12-5-7-13(18)8-6-12/h5-8H,2-4,9-11H2,1H3. The molecule has 1 fully saturated rings. The number of benzene rings is 1. The molecule has 0 atom stereocenters. The van der Waals surface area contributed by atoms with Crippen LogP contribution in [0, 0.1) is 0 Å². The van der Waals surface area contributed by atoms with Crippen LogP contribution in [0.5, 0.6) is 0 Å². The molecule has 1 saturated carbocycles. The van der Waals surface area contributed by atoms with E-state index in [0.29, 0.717) is 16.7 Å². The third-order valence-electron chi connectivity index (χ3n) is 4.31. The highest BCUT2D eigenvalue weighted by atomic mass is 35.5. The smallest absolute Gasteiger partial charge is 0.317 e. The molecule has 122 valence electrons. The Hall–Kier alpha value is -1.88. The fourth-order valence-corrected chi connectivity index (χ4v) is 2.98. The third-order valence-corrected chi connectivity index (χ3v) is 4.56. The van der Waals surface area contributed by atoms with Crippen molar-refractivity contribution in [2.75, 3.05) is 0 Å². The number of aryl methyl sites for hydroxylation is 1. The lowest BCUT2D eigenvalue weighted by Gasteiger charge is -2.39. The lowest BCUT2D eigenvalue weighted by atomic mass is 9.64. The Morgan fingerprint density at radius 3 is 2.70 bits per heavy atom. The van der Waals surface area contributed by atoms with E-state index in [1.165, 1.54) is 0 Å². The molecule has 1 heterocycles. The number of aromatic nitrogens is 2. The van der Waals surface area contributed by atoms with E-state index in [2.05, 4.69) is 10.1 Å². The van der Waals surface area contributed by atoms with Gasteiger partial charge in [-0.05, 0) is 37.0 Å². The van der Waals surface area contributed by atoms with E-state index in [1.807, 2.05) is 19.1 Å². The molecule has 0 aliphatic heterocycles. The number of esters is 1. The van der Waals surface area contributed by atoms with E-state index < -0.39 is 5.41 Å². The van der Waals surface area contributed by atoms with Gasteiger partial charge in [0.15, 0.2) is 12.4 Å². The second-order valence-corrected chi connectivity index (χ2v) is 6.31. The van der Waals surface area contributed by atoms with Gasteiger partial charge in [0.25, 0.3) is 5.89 Å². The SMILES string of the molecule is CCCc1noc(COC(=O)C2(c3ccc(Cl)cc3)CCC2)n1. The number of halogens is 1. The van der Waals surface area contributed by atoms with E-state index in [9.17, 15) is 4.79 Å². The molecule has 5 nitrogen and oxygen atoms in total. The molecular weight excluding hydrogens is 316 g/mol. The summed E-state index contributed by atoms with van der Waals surface area (Å²) in [5.74, 6) is 0.753. The van der Waals surface area contributed by atoms with E-state index in [1.54, 1.807) is 12.1 Å². The van der Waals surface area contributed by atoms with Gasteiger partial charge in [-0.2, -0.15) is 4.98 Å². The van der Waals surface area contributed by atoms with Crippen molar-refractivity contribution in [3.05, 3.63) is 46.6 Å². The first-order valence-electron chi connectivity index (χ1n) is 7.89. The van der Waals surface area contributed by atoms with Gasteiger partial charge in [-0.15, -0.1) is 0 Å². The van der Waals surface area contributed by atoms with Crippen LogP contribution in [0.25, 0.3) is 0 Å². The van der Waals surface area contributed by atoms with Crippen molar-refractivity contribution in [2.24, 2.45) is 0 Å². The molecule has 6 heteroatoms. The van der Waals surface area contributed by atoms with Gasteiger partial charge >= 0.3 is 5.97 Å². The molecule has 1 aromatic heterocycles. The predicted octanol–water partition coefficient (Wildman–Crippen LogP) is 3.84. The van der Waals surface area contributed by atoms with Crippen molar-refractivity contribution >= 4 is 17.6 Å². The summed E-state index contributed by atoms with van der Waals surface area (Å²) in [6.45, 7) is 2.06. The summed E-state index contributed by atoms with van der Waals surface area (Å²) < 4.78 is 10.5. The number of carbonyl (C=O) groups is 1. The summed E-state index contributed by atoms with van der Waals surface area (Å²) in [4.78, 5) is 16.8. The van der Waals surface area contributed by atoms with Crippen LogP contribution in [0.3, 0.4) is 0 Å². The van der Waals surface area contributed by atoms with Gasteiger partial charge in [0.1, 0.15) is 0 Å². The van der Waals surface area contributed by atoms with Gasteiger partial charge in [0.05, 0.1) is 5.41 Å². The summed E-state index contributed by atoms with van der Waals surface area (Å²) in [7, 11) is 0. The number of carbonyl (C=O) groups excluding carboxylic acids is 1.